The smallest absolute Gasteiger partial charge is 0.320 e. The molecule has 2 aliphatic rings. The van der Waals surface area contributed by atoms with Gasteiger partial charge in [0, 0.05) is 44.8 Å². The second-order valence-corrected chi connectivity index (χ2v) is 6.66. The number of amides is 2. The van der Waals surface area contributed by atoms with Crippen LogP contribution in [0.2, 0.25) is 0 Å². The third-order valence-corrected chi connectivity index (χ3v) is 4.85. The quantitative estimate of drug-likeness (QED) is 0.808. The highest BCUT2D eigenvalue weighted by atomic mass is 19.1. The Hall–Kier alpha value is -2.52. The standard InChI is InChI=1S/C18H22FN5O3/c19-15-3-1-14(2-4-15)17-20-16(27-21-17)13-22-5-7-23(8-6-22)18(25)24-9-11-26-12-10-24/h1-4H,5-13H2. The number of carbonyl (C=O) groups is 1. The molecule has 1 aromatic carbocycles. The number of piperazine rings is 1. The van der Waals surface area contributed by atoms with Crippen molar-refractivity contribution in [3.05, 3.63) is 36.0 Å². The highest BCUT2D eigenvalue weighted by Crippen LogP contribution is 2.17. The summed E-state index contributed by atoms with van der Waals surface area (Å²) in [6.45, 7) is 5.94. The minimum atomic E-state index is -0.299. The lowest BCUT2D eigenvalue weighted by molar-refractivity contribution is 0.0367. The van der Waals surface area contributed by atoms with E-state index in [1.165, 1.54) is 12.1 Å². The summed E-state index contributed by atoms with van der Waals surface area (Å²) in [7, 11) is 0. The molecule has 0 N–H and O–H groups in total. The number of ether oxygens (including phenoxy) is 1. The Kier molecular flexibility index (Phi) is 5.30. The molecule has 27 heavy (non-hydrogen) atoms. The Morgan fingerprint density at radius 1 is 1.00 bits per heavy atom. The average molecular weight is 375 g/mol. The lowest BCUT2D eigenvalue weighted by Gasteiger charge is -2.38. The minimum absolute atomic E-state index is 0.0920. The molecule has 2 amide bonds. The van der Waals surface area contributed by atoms with Crippen LogP contribution in [0.4, 0.5) is 9.18 Å². The van der Waals surface area contributed by atoms with Crippen LogP contribution in [0.3, 0.4) is 0 Å². The van der Waals surface area contributed by atoms with E-state index >= 15 is 0 Å². The van der Waals surface area contributed by atoms with E-state index in [2.05, 4.69) is 15.0 Å². The number of hydrogen-bond donors (Lipinski definition) is 0. The lowest BCUT2D eigenvalue weighted by Crippen LogP contribution is -2.54. The van der Waals surface area contributed by atoms with Gasteiger partial charge in [-0.05, 0) is 24.3 Å². The monoisotopic (exact) mass is 375 g/mol. The maximum Gasteiger partial charge on any atom is 0.320 e. The Morgan fingerprint density at radius 2 is 1.67 bits per heavy atom. The number of hydrogen-bond acceptors (Lipinski definition) is 6. The largest absolute Gasteiger partial charge is 0.378 e. The maximum atomic E-state index is 13.0. The fraction of sp³-hybridized carbons (Fsp3) is 0.500. The number of aromatic nitrogens is 2. The molecule has 1 aromatic heterocycles. The molecule has 0 radical (unpaired) electrons. The van der Waals surface area contributed by atoms with E-state index < -0.39 is 0 Å². The Morgan fingerprint density at radius 3 is 2.37 bits per heavy atom. The van der Waals surface area contributed by atoms with Crippen molar-refractivity contribution in [2.45, 2.75) is 6.54 Å². The predicted octanol–water partition coefficient (Wildman–Crippen LogP) is 1.45. The summed E-state index contributed by atoms with van der Waals surface area (Å²) in [5.41, 5.74) is 0.715. The molecule has 0 aliphatic carbocycles. The number of benzene rings is 1. The van der Waals surface area contributed by atoms with Gasteiger partial charge in [-0.2, -0.15) is 4.98 Å². The van der Waals surface area contributed by atoms with Crippen molar-refractivity contribution in [2.24, 2.45) is 0 Å². The second kappa shape index (κ2) is 8.01. The number of urea groups is 1. The van der Waals surface area contributed by atoms with Crippen molar-refractivity contribution in [1.29, 1.82) is 0 Å². The summed E-state index contributed by atoms with van der Waals surface area (Å²) in [6.07, 6.45) is 0. The molecule has 4 rings (SSSR count). The molecule has 144 valence electrons. The molecule has 2 aromatic rings. The molecule has 0 unspecified atom stereocenters. The van der Waals surface area contributed by atoms with Crippen LogP contribution in [0.15, 0.2) is 28.8 Å². The Bertz CT molecular complexity index is 768. The molecule has 2 saturated heterocycles. The van der Waals surface area contributed by atoms with Crippen LogP contribution >= 0.6 is 0 Å². The van der Waals surface area contributed by atoms with Crippen molar-refractivity contribution in [2.75, 3.05) is 52.5 Å². The van der Waals surface area contributed by atoms with Gasteiger partial charge >= 0.3 is 6.03 Å². The lowest BCUT2D eigenvalue weighted by atomic mass is 10.2. The fourth-order valence-electron chi connectivity index (χ4n) is 3.28. The van der Waals surface area contributed by atoms with Crippen LogP contribution < -0.4 is 0 Å². The normalized spacial score (nSPS) is 18.7. The summed E-state index contributed by atoms with van der Waals surface area (Å²) >= 11 is 0. The van der Waals surface area contributed by atoms with Crippen molar-refractivity contribution in [3.8, 4) is 11.4 Å². The first kappa shape index (κ1) is 17.9. The maximum absolute atomic E-state index is 13.0. The molecule has 2 aliphatic heterocycles. The van der Waals surface area contributed by atoms with Crippen LogP contribution in [0.1, 0.15) is 5.89 Å². The molecule has 2 fully saturated rings. The number of rotatable bonds is 3. The molecule has 0 saturated carbocycles. The number of halogens is 1. The second-order valence-electron chi connectivity index (χ2n) is 6.66. The minimum Gasteiger partial charge on any atom is -0.378 e. The molecule has 0 spiro atoms. The summed E-state index contributed by atoms with van der Waals surface area (Å²) in [5.74, 6) is 0.667. The first-order valence-electron chi connectivity index (χ1n) is 9.11. The first-order chi connectivity index (χ1) is 13.2. The van der Waals surface area contributed by atoms with E-state index in [1.807, 2.05) is 9.80 Å². The van der Waals surface area contributed by atoms with Crippen molar-refractivity contribution in [1.82, 2.24) is 24.8 Å². The zero-order valence-corrected chi connectivity index (χ0v) is 15.0. The third-order valence-electron chi connectivity index (χ3n) is 4.85. The van der Waals surface area contributed by atoms with Gasteiger partial charge in [-0.1, -0.05) is 5.16 Å². The number of carbonyl (C=O) groups excluding carboxylic acids is 1. The van der Waals surface area contributed by atoms with Gasteiger partial charge in [-0.25, -0.2) is 9.18 Å². The van der Waals surface area contributed by atoms with Crippen molar-refractivity contribution >= 4 is 6.03 Å². The molecular formula is C18H22FN5O3. The van der Waals surface area contributed by atoms with Gasteiger partial charge in [0.1, 0.15) is 5.82 Å². The van der Waals surface area contributed by atoms with Crippen molar-refractivity contribution < 1.29 is 18.4 Å². The van der Waals surface area contributed by atoms with Crippen LogP contribution in [0.25, 0.3) is 11.4 Å². The Balaban J connectivity index is 1.29. The van der Waals surface area contributed by atoms with Gasteiger partial charge in [0.05, 0.1) is 19.8 Å². The van der Waals surface area contributed by atoms with Gasteiger partial charge in [0.15, 0.2) is 0 Å². The van der Waals surface area contributed by atoms with Crippen LogP contribution in [0, 0.1) is 5.82 Å². The van der Waals surface area contributed by atoms with E-state index in [9.17, 15) is 9.18 Å². The number of morpholine rings is 1. The average Bonchev–Trinajstić information content (AvgIpc) is 3.18. The van der Waals surface area contributed by atoms with Gasteiger partial charge in [0.25, 0.3) is 0 Å². The van der Waals surface area contributed by atoms with E-state index in [4.69, 9.17) is 9.26 Å². The molecular weight excluding hydrogens is 353 g/mol. The topological polar surface area (TPSA) is 74.9 Å². The van der Waals surface area contributed by atoms with Crippen LogP contribution in [0.5, 0.6) is 0 Å². The molecule has 8 nitrogen and oxygen atoms in total. The highest BCUT2D eigenvalue weighted by Gasteiger charge is 2.27. The van der Waals surface area contributed by atoms with Gasteiger partial charge < -0.3 is 19.1 Å². The SMILES string of the molecule is O=C(N1CCOCC1)N1CCN(Cc2nc(-c3ccc(F)cc3)no2)CC1. The van der Waals surface area contributed by atoms with E-state index in [0.717, 1.165) is 13.1 Å². The van der Waals surface area contributed by atoms with Crippen LogP contribution in [-0.2, 0) is 11.3 Å². The summed E-state index contributed by atoms with van der Waals surface area (Å²) in [4.78, 5) is 22.8. The van der Waals surface area contributed by atoms with Crippen molar-refractivity contribution in [3.63, 3.8) is 0 Å². The fourth-order valence-corrected chi connectivity index (χ4v) is 3.28. The molecule has 9 heteroatoms. The van der Waals surface area contributed by atoms with Gasteiger partial charge in [0.2, 0.25) is 11.7 Å². The van der Waals surface area contributed by atoms with E-state index in [0.29, 0.717) is 63.2 Å². The highest BCUT2D eigenvalue weighted by molar-refractivity contribution is 5.74. The number of nitrogens with zero attached hydrogens (tertiary/aromatic N) is 5. The summed E-state index contributed by atoms with van der Waals surface area (Å²) < 4.78 is 23.6. The van der Waals surface area contributed by atoms with E-state index in [1.54, 1.807) is 12.1 Å². The predicted molar refractivity (Wildman–Crippen MR) is 94.3 cm³/mol. The molecule has 0 bridgehead atoms. The Labute approximate surface area is 156 Å². The summed E-state index contributed by atoms with van der Waals surface area (Å²) in [6, 6.07) is 6.08. The third kappa shape index (κ3) is 4.25. The van der Waals surface area contributed by atoms with Crippen LogP contribution in [-0.4, -0.2) is 83.4 Å². The first-order valence-corrected chi connectivity index (χ1v) is 9.11. The van der Waals surface area contributed by atoms with Gasteiger partial charge in [-0.3, -0.25) is 4.90 Å². The molecule has 0 atom stereocenters. The zero-order chi connectivity index (χ0) is 18.6. The molecule has 3 heterocycles. The zero-order valence-electron chi connectivity index (χ0n) is 15.0. The van der Waals surface area contributed by atoms with E-state index in [-0.39, 0.29) is 11.8 Å². The summed E-state index contributed by atoms with van der Waals surface area (Å²) in [5, 5.41) is 3.97. The van der Waals surface area contributed by atoms with Gasteiger partial charge in [-0.15, -0.1) is 0 Å².